The van der Waals surface area contributed by atoms with Gasteiger partial charge in [0.15, 0.2) is 0 Å². The third kappa shape index (κ3) is 4.14. The van der Waals surface area contributed by atoms with Crippen molar-refractivity contribution < 1.29 is 0 Å². The van der Waals surface area contributed by atoms with Gasteiger partial charge in [-0.25, -0.2) is 0 Å². The van der Waals surface area contributed by atoms with Crippen LogP contribution in [0.15, 0.2) is 0 Å². The first kappa shape index (κ1) is 11.4. The van der Waals surface area contributed by atoms with Gasteiger partial charge in [-0.1, -0.05) is 38.5 Å². The summed E-state index contributed by atoms with van der Waals surface area (Å²) >= 11 is 0. The second-order valence-corrected chi connectivity index (χ2v) is 5.65. The molecule has 2 aliphatic carbocycles. The minimum Gasteiger partial charge on any atom is -0.316 e. The van der Waals surface area contributed by atoms with E-state index in [1.54, 1.807) is 0 Å². The monoisotopic (exact) mass is 209 g/mol. The SMILES string of the molecule is C1CCC(CCCNCC2CCCC2)C1. The third-order valence-corrected chi connectivity index (χ3v) is 4.35. The molecule has 1 nitrogen and oxygen atoms in total. The molecule has 0 aliphatic heterocycles. The minimum atomic E-state index is 1.01. The molecule has 15 heavy (non-hydrogen) atoms. The van der Waals surface area contributed by atoms with Gasteiger partial charge in [-0.15, -0.1) is 0 Å². The first-order valence-electron chi connectivity index (χ1n) is 7.16. The van der Waals surface area contributed by atoms with Gasteiger partial charge in [-0.2, -0.15) is 0 Å². The van der Waals surface area contributed by atoms with Crippen LogP contribution in [-0.4, -0.2) is 13.1 Å². The lowest BCUT2D eigenvalue weighted by molar-refractivity contribution is 0.444. The molecule has 1 N–H and O–H groups in total. The van der Waals surface area contributed by atoms with Gasteiger partial charge in [0.05, 0.1) is 0 Å². The maximum atomic E-state index is 3.65. The molecule has 88 valence electrons. The number of nitrogens with one attached hydrogen (secondary N) is 1. The lowest BCUT2D eigenvalue weighted by Gasteiger charge is -2.12. The number of hydrogen-bond donors (Lipinski definition) is 1. The summed E-state index contributed by atoms with van der Waals surface area (Å²) in [7, 11) is 0. The number of hydrogen-bond acceptors (Lipinski definition) is 1. The van der Waals surface area contributed by atoms with Crippen LogP contribution in [0.5, 0.6) is 0 Å². The lowest BCUT2D eigenvalue weighted by Crippen LogP contribution is -2.22. The molecule has 0 aromatic rings. The fourth-order valence-electron chi connectivity index (χ4n) is 3.34. The van der Waals surface area contributed by atoms with Gasteiger partial charge in [0.2, 0.25) is 0 Å². The van der Waals surface area contributed by atoms with Gasteiger partial charge in [0, 0.05) is 0 Å². The first-order valence-corrected chi connectivity index (χ1v) is 7.16. The van der Waals surface area contributed by atoms with Crippen molar-refractivity contribution in [2.75, 3.05) is 13.1 Å². The molecular weight excluding hydrogens is 182 g/mol. The molecule has 0 unspecified atom stereocenters. The van der Waals surface area contributed by atoms with E-state index in [-0.39, 0.29) is 0 Å². The highest BCUT2D eigenvalue weighted by Crippen LogP contribution is 2.28. The highest BCUT2D eigenvalue weighted by molar-refractivity contribution is 4.70. The van der Waals surface area contributed by atoms with Crippen LogP contribution in [0.1, 0.15) is 64.2 Å². The molecule has 0 amide bonds. The van der Waals surface area contributed by atoms with Gasteiger partial charge in [-0.3, -0.25) is 0 Å². The van der Waals surface area contributed by atoms with Crippen molar-refractivity contribution in [1.29, 1.82) is 0 Å². The number of rotatable bonds is 6. The smallest absolute Gasteiger partial charge is 0.00205 e. The van der Waals surface area contributed by atoms with Crippen molar-refractivity contribution in [3.63, 3.8) is 0 Å². The Kier molecular flexibility index (Phi) is 4.98. The molecule has 2 saturated carbocycles. The summed E-state index contributed by atoms with van der Waals surface area (Å²) in [6.45, 7) is 2.57. The second kappa shape index (κ2) is 6.52. The average molecular weight is 209 g/mol. The van der Waals surface area contributed by atoms with Crippen molar-refractivity contribution in [2.45, 2.75) is 64.2 Å². The second-order valence-electron chi connectivity index (χ2n) is 5.65. The van der Waals surface area contributed by atoms with E-state index in [1.165, 1.54) is 77.3 Å². The molecule has 2 aliphatic rings. The zero-order valence-corrected chi connectivity index (χ0v) is 10.1. The maximum Gasteiger partial charge on any atom is -0.00205 e. The van der Waals surface area contributed by atoms with E-state index in [1.807, 2.05) is 0 Å². The zero-order valence-electron chi connectivity index (χ0n) is 10.1. The van der Waals surface area contributed by atoms with Crippen LogP contribution in [-0.2, 0) is 0 Å². The summed E-state index contributed by atoms with van der Waals surface area (Å²) in [5.41, 5.74) is 0. The molecular formula is C14H27N. The van der Waals surface area contributed by atoms with Crippen LogP contribution in [0.4, 0.5) is 0 Å². The Morgan fingerprint density at radius 3 is 2.07 bits per heavy atom. The predicted octanol–water partition coefficient (Wildman–Crippen LogP) is 3.74. The zero-order chi connectivity index (χ0) is 10.3. The summed E-state index contributed by atoms with van der Waals surface area (Å²) in [6.07, 6.45) is 14.9. The topological polar surface area (TPSA) is 12.0 Å². The van der Waals surface area contributed by atoms with Crippen LogP contribution in [0.2, 0.25) is 0 Å². The first-order chi connectivity index (χ1) is 7.45. The molecule has 0 radical (unpaired) electrons. The molecule has 0 spiro atoms. The Labute approximate surface area is 95.0 Å². The molecule has 0 aromatic carbocycles. The van der Waals surface area contributed by atoms with E-state index in [0.29, 0.717) is 0 Å². The molecule has 2 fully saturated rings. The van der Waals surface area contributed by atoms with Crippen LogP contribution in [0.3, 0.4) is 0 Å². The van der Waals surface area contributed by atoms with E-state index in [9.17, 15) is 0 Å². The van der Waals surface area contributed by atoms with Gasteiger partial charge in [-0.05, 0) is 50.6 Å². The molecule has 1 heteroatoms. The van der Waals surface area contributed by atoms with Crippen molar-refractivity contribution in [3.8, 4) is 0 Å². The predicted molar refractivity (Wildman–Crippen MR) is 66.0 cm³/mol. The molecule has 0 aromatic heterocycles. The highest BCUT2D eigenvalue weighted by atomic mass is 14.9. The Morgan fingerprint density at radius 1 is 0.800 bits per heavy atom. The summed E-state index contributed by atoms with van der Waals surface area (Å²) in [6, 6.07) is 0. The fraction of sp³-hybridized carbons (Fsp3) is 1.00. The summed E-state index contributed by atoms with van der Waals surface area (Å²) in [4.78, 5) is 0. The summed E-state index contributed by atoms with van der Waals surface area (Å²) in [5.74, 6) is 2.09. The summed E-state index contributed by atoms with van der Waals surface area (Å²) < 4.78 is 0. The molecule has 0 heterocycles. The van der Waals surface area contributed by atoms with Gasteiger partial charge in [0.25, 0.3) is 0 Å². The Morgan fingerprint density at radius 2 is 1.40 bits per heavy atom. The van der Waals surface area contributed by atoms with Crippen LogP contribution in [0.25, 0.3) is 0 Å². The van der Waals surface area contributed by atoms with Gasteiger partial charge in [0.1, 0.15) is 0 Å². The third-order valence-electron chi connectivity index (χ3n) is 4.35. The largest absolute Gasteiger partial charge is 0.316 e. The minimum absolute atomic E-state index is 1.01. The molecule has 2 rings (SSSR count). The maximum absolute atomic E-state index is 3.65. The van der Waals surface area contributed by atoms with E-state index in [4.69, 9.17) is 0 Å². The van der Waals surface area contributed by atoms with Crippen LogP contribution < -0.4 is 5.32 Å². The molecule has 0 saturated heterocycles. The highest BCUT2D eigenvalue weighted by Gasteiger charge is 2.15. The van der Waals surface area contributed by atoms with E-state index >= 15 is 0 Å². The molecule has 0 bridgehead atoms. The van der Waals surface area contributed by atoms with Gasteiger partial charge >= 0.3 is 0 Å². The fourth-order valence-corrected chi connectivity index (χ4v) is 3.34. The summed E-state index contributed by atoms with van der Waals surface area (Å²) in [5, 5.41) is 3.65. The van der Waals surface area contributed by atoms with Crippen molar-refractivity contribution in [3.05, 3.63) is 0 Å². The van der Waals surface area contributed by atoms with Crippen LogP contribution in [0, 0.1) is 11.8 Å². The van der Waals surface area contributed by atoms with Crippen molar-refractivity contribution in [1.82, 2.24) is 5.32 Å². The standard InChI is InChI=1S/C14H27N/c1-2-7-13(6-1)10-5-11-15-12-14-8-3-4-9-14/h13-15H,1-12H2. The van der Waals surface area contributed by atoms with Crippen molar-refractivity contribution >= 4 is 0 Å². The van der Waals surface area contributed by atoms with E-state index < -0.39 is 0 Å². The Balaban J connectivity index is 1.41. The van der Waals surface area contributed by atoms with Gasteiger partial charge < -0.3 is 5.32 Å². The van der Waals surface area contributed by atoms with E-state index in [0.717, 1.165) is 11.8 Å². The van der Waals surface area contributed by atoms with Crippen LogP contribution >= 0.6 is 0 Å². The average Bonchev–Trinajstić information content (AvgIpc) is 2.88. The normalized spacial score (nSPS) is 24.0. The Hall–Kier alpha value is -0.0400. The quantitative estimate of drug-likeness (QED) is 0.657. The molecule has 0 atom stereocenters. The van der Waals surface area contributed by atoms with Crippen molar-refractivity contribution in [2.24, 2.45) is 11.8 Å². The Bertz CT molecular complexity index is 137. The van der Waals surface area contributed by atoms with E-state index in [2.05, 4.69) is 5.32 Å². The lowest BCUT2D eigenvalue weighted by atomic mass is 10.0.